The topological polar surface area (TPSA) is 38.3 Å². The van der Waals surface area contributed by atoms with Gasteiger partial charge in [-0.1, -0.05) is 48.0 Å². The van der Waals surface area contributed by atoms with Crippen LogP contribution in [0.25, 0.3) is 11.1 Å². The summed E-state index contributed by atoms with van der Waals surface area (Å²) in [7, 11) is 0. The van der Waals surface area contributed by atoms with Crippen LogP contribution in [0.4, 0.5) is 14.5 Å². The average Bonchev–Trinajstić information content (AvgIpc) is 2.64. The first-order chi connectivity index (χ1) is 12.9. The molecule has 138 valence electrons. The van der Waals surface area contributed by atoms with Crippen LogP contribution in [-0.4, -0.2) is 12.0 Å². The van der Waals surface area contributed by atoms with Crippen LogP contribution in [0.2, 0.25) is 5.02 Å². The summed E-state index contributed by atoms with van der Waals surface area (Å²) in [5.74, 6) is -1.75. The lowest BCUT2D eigenvalue weighted by Crippen LogP contribution is -2.30. The minimum atomic E-state index is -0.920. The number of halogens is 3. The number of nitrogens with one attached hydrogen (secondary N) is 1. The molecule has 1 atom stereocenters. The van der Waals surface area contributed by atoms with E-state index >= 15 is 0 Å². The van der Waals surface area contributed by atoms with Crippen molar-refractivity contribution < 1.29 is 18.3 Å². The molecule has 27 heavy (non-hydrogen) atoms. The van der Waals surface area contributed by atoms with Crippen LogP contribution >= 0.6 is 11.6 Å². The van der Waals surface area contributed by atoms with E-state index in [0.29, 0.717) is 16.3 Å². The highest BCUT2D eigenvalue weighted by Crippen LogP contribution is 2.31. The number of hydrogen-bond donors (Lipinski definition) is 1. The summed E-state index contributed by atoms with van der Waals surface area (Å²) in [4.78, 5) is 12.5. The molecule has 0 aliphatic rings. The molecule has 0 radical (unpaired) electrons. The molecule has 0 heterocycles. The van der Waals surface area contributed by atoms with Crippen LogP contribution in [0.5, 0.6) is 5.75 Å². The van der Waals surface area contributed by atoms with Gasteiger partial charge in [0.15, 0.2) is 6.10 Å². The molecular weight excluding hydrogens is 372 g/mol. The molecular formula is C21H16ClF2NO2. The van der Waals surface area contributed by atoms with Gasteiger partial charge in [0.2, 0.25) is 0 Å². The fraction of sp³-hybridized carbons (Fsp3) is 0.0952. The number of hydrogen-bond acceptors (Lipinski definition) is 2. The Morgan fingerprint density at radius 1 is 1.04 bits per heavy atom. The molecule has 0 saturated heterocycles. The van der Waals surface area contributed by atoms with Crippen LogP contribution in [-0.2, 0) is 4.79 Å². The van der Waals surface area contributed by atoms with Crippen molar-refractivity contribution in [1.82, 2.24) is 0 Å². The molecule has 3 aromatic rings. The largest absolute Gasteiger partial charge is 0.481 e. The number of benzene rings is 3. The quantitative estimate of drug-likeness (QED) is 0.610. The molecule has 3 nitrogen and oxygen atoms in total. The van der Waals surface area contributed by atoms with E-state index in [1.807, 2.05) is 0 Å². The summed E-state index contributed by atoms with van der Waals surface area (Å²) in [6.45, 7) is 1.53. The van der Waals surface area contributed by atoms with Crippen LogP contribution in [0.1, 0.15) is 6.92 Å². The summed E-state index contributed by atoms with van der Waals surface area (Å²) < 4.78 is 33.7. The fourth-order valence-electron chi connectivity index (χ4n) is 2.57. The van der Waals surface area contributed by atoms with E-state index in [2.05, 4.69) is 5.32 Å². The van der Waals surface area contributed by atoms with Crippen LogP contribution < -0.4 is 10.1 Å². The minimum absolute atomic E-state index is 0.103. The first-order valence-electron chi connectivity index (χ1n) is 8.21. The number of rotatable bonds is 5. The lowest BCUT2D eigenvalue weighted by Gasteiger charge is -2.17. The predicted molar refractivity (Wildman–Crippen MR) is 102 cm³/mol. The van der Waals surface area contributed by atoms with Gasteiger partial charge in [-0.2, -0.15) is 0 Å². The van der Waals surface area contributed by atoms with Gasteiger partial charge in [-0.25, -0.2) is 8.78 Å². The highest BCUT2D eigenvalue weighted by molar-refractivity contribution is 6.30. The molecule has 1 amide bonds. The van der Waals surface area contributed by atoms with E-state index in [0.717, 1.165) is 6.07 Å². The Hall–Kier alpha value is -2.92. The Morgan fingerprint density at radius 3 is 2.48 bits per heavy atom. The molecule has 3 aromatic carbocycles. The zero-order chi connectivity index (χ0) is 19.4. The normalized spacial score (nSPS) is 11.7. The van der Waals surface area contributed by atoms with Crippen LogP contribution in [0.15, 0.2) is 66.7 Å². The highest BCUT2D eigenvalue weighted by atomic mass is 35.5. The van der Waals surface area contributed by atoms with Gasteiger partial charge in [0.1, 0.15) is 17.4 Å². The standard InChI is InChI=1S/C21H16ClF2NO2/c1-13(27-17-9-5-8-15(22)10-17)21(26)25-20-18(11-16(23)12-19(20)24)14-6-3-2-4-7-14/h2-13H,1H3,(H,25,26). The number of amides is 1. The summed E-state index contributed by atoms with van der Waals surface area (Å²) in [6, 6.07) is 17.2. The Balaban J connectivity index is 1.85. The third kappa shape index (κ3) is 4.63. The van der Waals surface area contributed by atoms with Gasteiger partial charge in [-0.15, -0.1) is 0 Å². The third-order valence-corrected chi connectivity index (χ3v) is 4.10. The van der Waals surface area contributed by atoms with Crippen molar-refractivity contribution in [2.45, 2.75) is 13.0 Å². The molecule has 6 heteroatoms. The molecule has 0 aromatic heterocycles. The maximum Gasteiger partial charge on any atom is 0.265 e. The number of carbonyl (C=O) groups excluding carboxylic acids is 1. The van der Waals surface area contributed by atoms with Gasteiger partial charge >= 0.3 is 0 Å². The third-order valence-electron chi connectivity index (χ3n) is 3.87. The average molecular weight is 388 g/mol. The molecule has 1 unspecified atom stereocenters. The van der Waals surface area contributed by atoms with Crippen LogP contribution in [0.3, 0.4) is 0 Å². The minimum Gasteiger partial charge on any atom is -0.481 e. The summed E-state index contributed by atoms with van der Waals surface area (Å²) in [6.07, 6.45) is -0.920. The zero-order valence-electron chi connectivity index (χ0n) is 14.4. The Morgan fingerprint density at radius 2 is 1.78 bits per heavy atom. The first kappa shape index (κ1) is 18.9. The second-order valence-corrected chi connectivity index (χ2v) is 6.32. The molecule has 3 rings (SSSR count). The monoisotopic (exact) mass is 387 g/mol. The highest BCUT2D eigenvalue weighted by Gasteiger charge is 2.20. The molecule has 0 aliphatic heterocycles. The molecule has 0 bridgehead atoms. The van der Waals surface area contributed by atoms with Crippen molar-refractivity contribution in [3.05, 3.63) is 83.4 Å². The Bertz CT molecular complexity index is 964. The summed E-state index contributed by atoms with van der Waals surface area (Å²) in [5, 5.41) is 2.97. The van der Waals surface area contributed by atoms with Gasteiger partial charge < -0.3 is 10.1 Å². The molecule has 1 N–H and O–H groups in total. The van der Waals surface area contributed by atoms with Gasteiger partial charge in [0, 0.05) is 16.7 Å². The second-order valence-electron chi connectivity index (χ2n) is 5.88. The van der Waals surface area contributed by atoms with Crippen molar-refractivity contribution in [1.29, 1.82) is 0 Å². The number of ether oxygens (including phenoxy) is 1. The maximum atomic E-state index is 14.4. The smallest absolute Gasteiger partial charge is 0.265 e. The molecule has 0 spiro atoms. The van der Waals surface area contributed by atoms with E-state index in [1.54, 1.807) is 54.6 Å². The van der Waals surface area contributed by atoms with Crippen molar-refractivity contribution in [3.8, 4) is 16.9 Å². The van der Waals surface area contributed by atoms with Gasteiger partial charge in [-0.3, -0.25) is 4.79 Å². The second kappa shape index (κ2) is 8.18. The van der Waals surface area contributed by atoms with Gasteiger partial charge in [-0.05, 0) is 36.8 Å². The SMILES string of the molecule is CC(Oc1cccc(Cl)c1)C(=O)Nc1c(F)cc(F)cc1-c1ccccc1. The van der Waals surface area contributed by atoms with Crippen molar-refractivity contribution in [3.63, 3.8) is 0 Å². The van der Waals surface area contributed by atoms with Crippen LogP contribution in [0, 0.1) is 11.6 Å². The zero-order valence-corrected chi connectivity index (χ0v) is 15.1. The molecule has 0 saturated carbocycles. The fourth-order valence-corrected chi connectivity index (χ4v) is 2.75. The first-order valence-corrected chi connectivity index (χ1v) is 8.59. The van der Waals surface area contributed by atoms with Crippen molar-refractivity contribution in [2.75, 3.05) is 5.32 Å². The summed E-state index contributed by atoms with van der Waals surface area (Å²) >= 11 is 5.90. The Labute approximate surface area is 160 Å². The van der Waals surface area contributed by atoms with E-state index in [1.165, 1.54) is 13.0 Å². The molecule has 0 fully saturated rings. The number of carbonyl (C=O) groups is 1. The van der Waals surface area contributed by atoms with E-state index in [-0.39, 0.29) is 11.3 Å². The van der Waals surface area contributed by atoms with E-state index < -0.39 is 23.6 Å². The predicted octanol–water partition coefficient (Wildman–Crippen LogP) is 5.69. The number of anilines is 1. The lowest BCUT2D eigenvalue weighted by molar-refractivity contribution is -0.122. The van der Waals surface area contributed by atoms with E-state index in [9.17, 15) is 13.6 Å². The van der Waals surface area contributed by atoms with Gasteiger partial charge in [0.25, 0.3) is 5.91 Å². The Kier molecular flexibility index (Phi) is 5.72. The van der Waals surface area contributed by atoms with Crippen molar-refractivity contribution >= 4 is 23.2 Å². The van der Waals surface area contributed by atoms with Crippen molar-refractivity contribution in [2.24, 2.45) is 0 Å². The maximum absolute atomic E-state index is 14.4. The summed E-state index contributed by atoms with van der Waals surface area (Å²) in [5.41, 5.74) is 0.722. The van der Waals surface area contributed by atoms with E-state index in [4.69, 9.17) is 16.3 Å². The molecule has 0 aliphatic carbocycles. The van der Waals surface area contributed by atoms with Gasteiger partial charge in [0.05, 0.1) is 5.69 Å². The lowest BCUT2D eigenvalue weighted by atomic mass is 10.0.